The SMILES string of the molecule is CCCCCCCCCCCCCCCCCCC/C=C/C1NC=C[N+]1(CC)CCNC(C)=O. The van der Waals surface area contributed by atoms with Gasteiger partial charge in [0.2, 0.25) is 5.91 Å². The van der Waals surface area contributed by atoms with Crippen LogP contribution in [0.15, 0.2) is 24.6 Å². The van der Waals surface area contributed by atoms with E-state index >= 15 is 0 Å². The number of unbranched alkanes of at least 4 members (excludes halogenated alkanes) is 17. The molecule has 2 unspecified atom stereocenters. The summed E-state index contributed by atoms with van der Waals surface area (Å²) in [6.07, 6.45) is 34.7. The van der Waals surface area contributed by atoms with Crippen LogP contribution in [-0.4, -0.2) is 36.2 Å². The van der Waals surface area contributed by atoms with E-state index in [1.165, 1.54) is 116 Å². The van der Waals surface area contributed by atoms with Crippen LogP contribution in [0.2, 0.25) is 0 Å². The first-order chi connectivity index (χ1) is 16.6. The molecule has 1 aliphatic rings. The van der Waals surface area contributed by atoms with Gasteiger partial charge in [-0.25, -0.2) is 0 Å². The van der Waals surface area contributed by atoms with Crippen molar-refractivity contribution in [3.05, 3.63) is 24.6 Å². The standard InChI is InChI=1S/C30H57N3O/c1-4-6-7-8-9-10-11-12-13-14-15-16-17-18-19-20-21-22-23-24-30-32-26-28-33(30,5-2)27-25-31-29(3)34/h23-24,26,28,30,32H,4-22,25,27H2,1-3H3/p+1/b24-23+. The minimum Gasteiger partial charge on any atom is -0.351 e. The highest BCUT2D eigenvalue weighted by Crippen LogP contribution is 2.20. The summed E-state index contributed by atoms with van der Waals surface area (Å²) in [6, 6.07) is 0. The van der Waals surface area contributed by atoms with Crippen LogP contribution in [0.3, 0.4) is 0 Å². The van der Waals surface area contributed by atoms with E-state index in [-0.39, 0.29) is 5.91 Å². The number of nitrogens with zero attached hydrogens (tertiary/aromatic N) is 1. The Kier molecular flexibility index (Phi) is 19.0. The van der Waals surface area contributed by atoms with Crippen LogP contribution in [0, 0.1) is 0 Å². The van der Waals surface area contributed by atoms with Crippen LogP contribution >= 0.6 is 0 Å². The molecule has 0 fully saturated rings. The van der Waals surface area contributed by atoms with Gasteiger partial charge in [0.25, 0.3) is 0 Å². The first-order valence-electron chi connectivity index (χ1n) is 14.9. The van der Waals surface area contributed by atoms with Crippen LogP contribution in [-0.2, 0) is 4.79 Å². The second-order valence-electron chi connectivity index (χ2n) is 10.4. The number of allylic oxidation sites excluding steroid dienone is 1. The molecular weight excluding hydrogens is 418 g/mol. The Morgan fingerprint density at radius 2 is 1.32 bits per heavy atom. The second-order valence-corrected chi connectivity index (χ2v) is 10.4. The lowest BCUT2D eigenvalue weighted by atomic mass is 10.0. The Morgan fingerprint density at radius 1 is 0.824 bits per heavy atom. The number of likely N-dealkylation sites (N-methyl/N-ethyl adjacent to an activating group) is 1. The maximum Gasteiger partial charge on any atom is 0.217 e. The number of hydrogen-bond acceptors (Lipinski definition) is 2. The van der Waals surface area contributed by atoms with Gasteiger partial charge in [0.1, 0.15) is 12.7 Å². The lowest BCUT2D eigenvalue weighted by Crippen LogP contribution is -2.54. The van der Waals surface area contributed by atoms with Gasteiger partial charge in [0.05, 0.1) is 19.3 Å². The molecule has 0 bridgehead atoms. The number of amides is 1. The van der Waals surface area contributed by atoms with Crippen molar-refractivity contribution in [2.24, 2.45) is 0 Å². The molecule has 0 aromatic rings. The summed E-state index contributed by atoms with van der Waals surface area (Å²) in [6.45, 7) is 8.78. The Morgan fingerprint density at radius 3 is 1.79 bits per heavy atom. The zero-order chi connectivity index (χ0) is 24.7. The highest BCUT2D eigenvalue weighted by atomic mass is 16.1. The van der Waals surface area contributed by atoms with E-state index in [9.17, 15) is 4.79 Å². The maximum absolute atomic E-state index is 11.2. The van der Waals surface area contributed by atoms with Crippen molar-refractivity contribution in [2.75, 3.05) is 19.6 Å². The van der Waals surface area contributed by atoms with Crippen molar-refractivity contribution < 1.29 is 9.28 Å². The molecule has 0 radical (unpaired) electrons. The van der Waals surface area contributed by atoms with Gasteiger partial charge in [0, 0.05) is 6.92 Å². The third-order valence-electron chi connectivity index (χ3n) is 7.48. The third kappa shape index (κ3) is 14.9. The molecule has 0 spiro atoms. The van der Waals surface area contributed by atoms with Gasteiger partial charge in [-0.05, 0) is 25.8 Å². The fraction of sp³-hybridized carbons (Fsp3) is 0.833. The fourth-order valence-corrected chi connectivity index (χ4v) is 5.08. The number of hydrogen-bond donors (Lipinski definition) is 2. The van der Waals surface area contributed by atoms with Gasteiger partial charge in [-0.3, -0.25) is 9.28 Å². The molecule has 0 saturated heterocycles. The summed E-state index contributed by atoms with van der Waals surface area (Å²) < 4.78 is 0.871. The quantitative estimate of drug-likeness (QED) is 0.0892. The van der Waals surface area contributed by atoms with Gasteiger partial charge < -0.3 is 10.6 Å². The van der Waals surface area contributed by atoms with Gasteiger partial charge in [-0.1, -0.05) is 116 Å². The molecule has 1 aliphatic heterocycles. The molecule has 0 aromatic carbocycles. The summed E-state index contributed by atoms with van der Waals surface area (Å²) in [4.78, 5) is 11.2. The van der Waals surface area contributed by atoms with Crippen LogP contribution in [0.25, 0.3) is 0 Å². The summed E-state index contributed by atoms with van der Waals surface area (Å²) in [5.41, 5.74) is 0. The minimum absolute atomic E-state index is 0.0521. The molecular formula is C30H58N3O+. The normalized spacial score (nSPS) is 19.7. The highest BCUT2D eigenvalue weighted by molar-refractivity contribution is 5.72. The molecule has 1 rings (SSSR count). The predicted molar refractivity (Wildman–Crippen MR) is 148 cm³/mol. The van der Waals surface area contributed by atoms with Crippen molar-refractivity contribution in [1.29, 1.82) is 0 Å². The Labute approximate surface area is 212 Å². The number of carbonyl (C=O) groups excluding carboxylic acids is 1. The predicted octanol–water partition coefficient (Wildman–Crippen LogP) is 7.96. The minimum atomic E-state index is 0.0521. The van der Waals surface area contributed by atoms with Gasteiger partial charge in [-0.2, -0.15) is 0 Å². The van der Waals surface area contributed by atoms with Crippen molar-refractivity contribution in [3.8, 4) is 0 Å². The first kappa shape index (κ1) is 30.7. The van der Waals surface area contributed by atoms with Gasteiger partial charge in [-0.15, -0.1) is 0 Å². The average molecular weight is 477 g/mol. The number of rotatable bonds is 23. The van der Waals surface area contributed by atoms with Crippen LogP contribution in [0.1, 0.15) is 136 Å². The molecule has 2 atom stereocenters. The van der Waals surface area contributed by atoms with E-state index in [2.05, 4.69) is 49.0 Å². The van der Waals surface area contributed by atoms with Gasteiger partial charge >= 0.3 is 0 Å². The second kappa shape index (κ2) is 21.0. The summed E-state index contributed by atoms with van der Waals surface area (Å²) in [5, 5.41) is 6.43. The van der Waals surface area contributed by atoms with Crippen molar-refractivity contribution >= 4 is 5.91 Å². The van der Waals surface area contributed by atoms with Crippen molar-refractivity contribution in [2.45, 2.75) is 143 Å². The third-order valence-corrected chi connectivity index (χ3v) is 7.48. The Balaban J connectivity index is 1.93. The first-order valence-corrected chi connectivity index (χ1v) is 14.9. The molecule has 198 valence electrons. The fourth-order valence-electron chi connectivity index (χ4n) is 5.08. The summed E-state index contributed by atoms with van der Waals surface area (Å²) in [5.74, 6) is 0.0521. The molecule has 1 heterocycles. The number of carbonyl (C=O) groups is 1. The average Bonchev–Trinajstić information content (AvgIpc) is 3.23. The number of quaternary nitrogens is 1. The van der Waals surface area contributed by atoms with Crippen LogP contribution in [0.4, 0.5) is 0 Å². The zero-order valence-corrected chi connectivity index (χ0v) is 23.1. The molecule has 1 amide bonds. The monoisotopic (exact) mass is 476 g/mol. The van der Waals surface area contributed by atoms with E-state index in [1.54, 1.807) is 6.92 Å². The largest absolute Gasteiger partial charge is 0.351 e. The molecule has 0 aliphatic carbocycles. The molecule has 0 saturated carbocycles. The molecule has 4 nitrogen and oxygen atoms in total. The zero-order valence-electron chi connectivity index (χ0n) is 23.1. The lowest BCUT2D eigenvalue weighted by molar-refractivity contribution is -0.891. The summed E-state index contributed by atoms with van der Waals surface area (Å²) >= 11 is 0. The van der Waals surface area contributed by atoms with E-state index in [0.29, 0.717) is 6.17 Å². The Hall–Kier alpha value is -1.29. The van der Waals surface area contributed by atoms with Gasteiger partial charge in [0.15, 0.2) is 6.17 Å². The maximum atomic E-state index is 11.2. The van der Waals surface area contributed by atoms with E-state index < -0.39 is 0 Å². The smallest absolute Gasteiger partial charge is 0.217 e. The van der Waals surface area contributed by atoms with E-state index in [4.69, 9.17) is 0 Å². The van der Waals surface area contributed by atoms with Crippen LogP contribution < -0.4 is 10.6 Å². The molecule has 0 aromatic heterocycles. The molecule has 34 heavy (non-hydrogen) atoms. The lowest BCUT2D eigenvalue weighted by Gasteiger charge is -2.35. The summed E-state index contributed by atoms with van der Waals surface area (Å²) in [7, 11) is 0. The topological polar surface area (TPSA) is 41.1 Å². The number of nitrogens with one attached hydrogen (secondary N) is 2. The van der Waals surface area contributed by atoms with Crippen molar-refractivity contribution in [3.63, 3.8) is 0 Å². The van der Waals surface area contributed by atoms with E-state index in [1.807, 2.05) is 0 Å². The van der Waals surface area contributed by atoms with Crippen LogP contribution in [0.5, 0.6) is 0 Å². The van der Waals surface area contributed by atoms with Crippen molar-refractivity contribution in [1.82, 2.24) is 10.6 Å². The molecule has 4 heteroatoms. The molecule has 2 N–H and O–H groups in total. The Bertz CT molecular complexity index is 545. The van der Waals surface area contributed by atoms with E-state index in [0.717, 1.165) is 24.1 Å². The highest BCUT2D eigenvalue weighted by Gasteiger charge is 2.34.